The minimum absolute atomic E-state index is 0.223. The summed E-state index contributed by atoms with van der Waals surface area (Å²) < 4.78 is 11.1. The van der Waals surface area contributed by atoms with Crippen molar-refractivity contribution in [3.8, 4) is 11.5 Å². The van der Waals surface area contributed by atoms with Gasteiger partial charge in [0.05, 0.1) is 16.8 Å². The van der Waals surface area contributed by atoms with Gasteiger partial charge < -0.3 is 9.47 Å². The molecule has 1 N–H and O–H groups in total. The van der Waals surface area contributed by atoms with Crippen LogP contribution in [0.15, 0.2) is 84.0 Å². The molecule has 0 saturated carbocycles. The van der Waals surface area contributed by atoms with E-state index in [0.717, 1.165) is 16.3 Å². The normalized spacial score (nSPS) is 10.9. The molecule has 176 valence electrons. The molecule has 0 saturated heterocycles. The largest absolute Gasteiger partial charge is 0.482 e. The summed E-state index contributed by atoms with van der Waals surface area (Å²) in [6.07, 6.45) is 1.43. The summed E-state index contributed by atoms with van der Waals surface area (Å²) in [6.45, 7) is 1.62. The van der Waals surface area contributed by atoms with Gasteiger partial charge in [-0.1, -0.05) is 77.3 Å². The lowest BCUT2D eigenvalue weighted by molar-refractivity contribution is -0.123. The van der Waals surface area contributed by atoms with Gasteiger partial charge in [-0.25, -0.2) is 10.2 Å². The number of esters is 1. The Kier molecular flexibility index (Phi) is 7.65. The van der Waals surface area contributed by atoms with Crippen LogP contribution >= 0.6 is 23.2 Å². The average molecular weight is 507 g/mol. The third-order valence-corrected chi connectivity index (χ3v) is 5.88. The highest BCUT2D eigenvalue weighted by Gasteiger charge is 2.14. The van der Waals surface area contributed by atoms with E-state index in [2.05, 4.69) is 10.5 Å². The lowest BCUT2D eigenvalue weighted by atomic mass is 10.0. The van der Waals surface area contributed by atoms with E-state index in [4.69, 9.17) is 32.7 Å². The Morgan fingerprint density at radius 1 is 0.914 bits per heavy atom. The first-order chi connectivity index (χ1) is 16.9. The first kappa shape index (κ1) is 24.3. The number of nitrogens with one attached hydrogen (secondary N) is 1. The molecule has 0 heterocycles. The zero-order valence-electron chi connectivity index (χ0n) is 18.6. The molecule has 0 atom stereocenters. The molecule has 0 fully saturated rings. The molecule has 8 heteroatoms. The molecule has 0 unspecified atom stereocenters. The number of halogens is 2. The second kappa shape index (κ2) is 11.0. The van der Waals surface area contributed by atoms with Gasteiger partial charge in [0, 0.05) is 5.56 Å². The molecule has 0 aliphatic rings. The third-order valence-electron chi connectivity index (χ3n) is 5.08. The standard InChI is InChI=1S/C27H20Cl2N2O4/c1-17-9-11-19(12-10-17)27(33)35-23-14-13-18-5-2-3-6-20(18)21(23)15-30-31-25(32)16-34-24-8-4-7-22(28)26(24)29/h2-15H,16H2,1H3,(H,31,32). The van der Waals surface area contributed by atoms with E-state index in [1.807, 2.05) is 49.4 Å². The highest BCUT2D eigenvalue weighted by molar-refractivity contribution is 6.42. The van der Waals surface area contributed by atoms with E-state index < -0.39 is 11.9 Å². The maximum atomic E-state index is 12.7. The van der Waals surface area contributed by atoms with Gasteiger partial charge in [0.25, 0.3) is 5.91 Å². The zero-order valence-corrected chi connectivity index (χ0v) is 20.1. The Hall–Kier alpha value is -3.87. The topological polar surface area (TPSA) is 77.0 Å². The molecule has 0 bridgehead atoms. The Morgan fingerprint density at radius 2 is 1.69 bits per heavy atom. The molecule has 6 nitrogen and oxygen atoms in total. The van der Waals surface area contributed by atoms with Crippen LogP contribution in [0.1, 0.15) is 21.5 Å². The van der Waals surface area contributed by atoms with Crippen molar-refractivity contribution < 1.29 is 19.1 Å². The lowest BCUT2D eigenvalue weighted by Gasteiger charge is -2.11. The van der Waals surface area contributed by atoms with Crippen LogP contribution in [-0.4, -0.2) is 24.7 Å². The predicted octanol–water partition coefficient (Wildman–Crippen LogP) is 6.20. The first-order valence-electron chi connectivity index (χ1n) is 10.6. The van der Waals surface area contributed by atoms with Crippen molar-refractivity contribution in [1.29, 1.82) is 0 Å². The monoisotopic (exact) mass is 506 g/mol. The van der Waals surface area contributed by atoms with E-state index in [0.29, 0.717) is 21.9 Å². The number of carbonyl (C=O) groups excluding carboxylic acids is 2. The molecule has 0 aliphatic heterocycles. The zero-order chi connectivity index (χ0) is 24.8. The molecular formula is C27H20Cl2N2O4. The second-order valence-electron chi connectivity index (χ2n) is 7.59. The Balaban J connectivity index is 1.50. The van der Waals surface area contributed by atoms with Crippen LogP contribution in [0.2, 0.25) is 10.0 Å². The molecular weight excluding hydrogens is 487 g/mol. The fraction of sp³-hybridized carbons (Fsp3) is 0.0741. The minimum Gasteiger partial charge on any atom is -0.482 e. The molecule has 35 heavy (non-hydrogen) atoms. The number of nitrogens with zero attached hydrogens (tertiary/aromatic N) is 1. The number of rotatable bonds is 7. The van der Waals surface area contributed by atoms with Crippen LogP contribution in [0.4, 0.5) is 0 Å². The number of fused-ring (bicyclic) bond motifs is 1. The maximum Gasteiger partial charge on any atom is 0.343 e. The molecule has 4 rings (SSSR count). The maximum absolute atomic E-state index is 12.7. The van der Waals surface area contributed by atoms with E-state index in [9.17, 15) is 9.59 Å². The number of carbonyl (C=O) groups is 2. The molecule has 4 aromatic carbocycles. The van der Waals surface area contributed by atoms with Crippen molar-refractivity contribution in [3.05, 3.63) is 106 Å². The average Bonchev–Trinajstić information content (AvgIpc) is 2.86. The Labute approximate surface area is 212 Å². The number of amides is 1. The molecule has 0 aromatic heterocycles. The molecule has 4 aromatic rings. The van der Waals surface area contributed by atoms with Crippen molar-refractivity contribution in [2.45, 2.75) is 6.92 Å². The summed E-state index contributed by atoms with van der Waals surface area (Å²) in [7, 11) is 0. The van der Waals surface area contributed by atoms with E-state index in [1.54, 1.807) is 36.4 Å². The van der Waals surface area contributed by atoms with Crippen molar-refractivity contribution in [1.82, 2.24) is 5.43 Å². The Morgan fingerprint density at radius 3 is 2.49 bits per heavy atom. The van der Waals surface area contributed by atoms with E-state index in [1.165, 1.54) is 6.21 Å². The number of hydrogen-bond acceptors (Lipinski definition) is 5. The van der Waals surface area contributed by atoms with Crippen LogP contribution < -0.4 is 14.9 Å². The van der Waals surface area contributed by atoms with E-state index in [-0.39, 0.29) is 17.4 Å². The van der Waals surface area contributed by atoms with Gasteiger partial charge in [0.2, 0.25) is 0 Å². The number of ether oxygens (including phenoxy) is 2. The second-order valence-corrected chi connectivity index (χ2v) is 8.37. The van der Waals surface area contributed by atoms with Crippen molar-refractivity contribution in [2.24, 2.45) is 5.10 Å². The predicted molar refractivity (Wildman–Crippen MR) is 138 cm³/mol. The summed E-state index contributed by atoms with van der Waals surface area (Å²) in [6, 6.07) is 23.1. The van der Waals surface area contributed by atoms with Crippen LogP contribution in [-0.2, 0) is 4.79 Å². The highest BCUT2D eigenvalue weighted by atomic mass is 35.5. The fourth-order valence-corrected chi connectivity index (χ4v) is 3.63. The van der Waals surface area contributed by atoms with Crippen molar-refractivity contribution >= 4 is 52.1 Å². The summed E-state index contributed by atoms with van der Waals surface area (Å²) in [5.41, 5.74) is 4.42. The van der Waals surface area contributed by atoms with Gasteiger partial charge in [-0.15, -0.1) is 0 Å². The van der Waals surface area contributed by atoms with Gasteiger partial charge in [-0.05, 0) is 48.0 Å². The summed E-state index contributed by atoms with van der Waals surface area (Å²) in [5, 5.41) is 6.32. The smallest absolute Gasteiger partial charge is 0.343 e. The quantitative estimate of drug-likeness (QED) is 0.140. The van der Waals surface area contributed by atoms with Crippen molar-refractivity contribution in [3.63, 3.8) is 0 Å². The molecule has 0 radical (unpaired) electrons. The summed E-state index contributed by atoms with van der Waals surface area (Å²) >= 11 is 12.0. The van der Waals surface area contributed by atoms with E-state index >= 15 is 0 Å². The molecule has 0 aliphatic carbocycles. The van der Waals surface area contributed by atoms with Crippen LogP contribution in [0.25, 0.3) is 10.8 Å². The SMILES string of the molecule is Cc1ccc(C(=O)Oc2ccc3ccccc3c2C=NNC(=O)COc2cccc(Cl)c2Cl)cc1. The highest BCUT2D eigenvalue weighted by Crippen LogP contribution is 2.31. The number of hydrogen-bond donors (Lipinski definition) is 1. The summed E-state index contributed by atoms with van der Waals surface area (Å²) in [5.74, 6) is -0.395. The lowest BCUT2D eigenvalue weighted by Crippen LogP contribution is -2.24. The molecule has 1 amide bonds. The molecule has 0 spiro atoms. The number of aryl methyl sites for hydroxylation is 1. The van der Waals surface area contributed by atoms with Gasteiger partial charge in [0.15, 0.2) is 6.61 Å². The van der Waals surface area contributed by atoms with Crippen molar-refractivity contribution in [2.75, 3.05) is 6.61 Å². The minimum atomic E-state index is -0.504. The fourth-order valence-electron chi connectivity index (χ4n) is 3.29. The number of benzene rings is 4. The van der Waals surface area contributed by atoms with Crippen LogP contribution in [0, 0.1) is 6.92 Å². The number of hydrazone groups is 1. The first-order valence-corrected chi connectivity index (χ1v) is 11.4. The Bertz CT molecular complexity index is 1420. The van der Waals surface area contributed by atoms with Gasteiger partial charge in [-0.2, -0.15) is 5.10 Å². The van der Waals surface area contributed by atoms with Gasteiger partial charge in [-0.3, -0.25) is 4.79 Å². The van der Waals surface area contributed by atoms with Crippen LogP contribution in [0.5, 0.6) is 11.5 Å². The van der Waals surface area contributed by atoms with Crippen LogP contribution in [0.3, 0.4) is 0 Å². The van der Waals surface area contributed by atoms with Gasteiger partial charge >= 0.3 is 5.97 Å². The third kappa shape index (κ3) is 5.98. The summed E-state index contributed by atoms with van der Waals surface area (Å²) in [4.78, 5) is 24.9. The van der Waals surface area contributed by atoms with Gasteiger partial charge in [0.1, 0.15) is 16.5 Å².